The summed E-state index contributed by atoms with van der Waals surface area (Å²) in [6.45, 7) is 7.99. The second kappa shape index (κ2) is 11.1. The highest BCUT2D eigenvalue weighted by Gasteiger charge is 2.25. The molecule has 0 aliphatic rings. The highest BCUT2D eigenvalue weighted by molar-refractivity contribution is 6.32. The number of amides is 2. The van der Waals surface area contributed by atoms with Crippen molar-refractivity contribution in [1.82, 2.24) is 4.98 Å². The smallest absolute Gasteiger partial charge is 0.307 e. The third-order valence-corrected chi connectivity index (χ3v) is 6.15. The Hall–Kier alpha value is -3.45. The number of anilines is 2. The zero-order valence-electron chi connectivity index (χ0n) is 19.9. The molecule has 0 saturated heterocycles. The lowest BCUT2D eigenvalue weighted by atomic mass is 10.0. The molecule has 8 heteroatoms. The Morgan fingerprint density at radius 1 is 1.03 bits per heavy atom. The van der Waals surface area contributed by atoms with Crippen molar-refractivity contribution in [3.63, 3.8) is 0 Å². The number of aromatic nitrogens is 1. The highest BCUT2D eigenvalue weighted by atomic mass is 35.5. The molecule has 0 bridgehead atoms. The van der Waals surface area contributed by atoms with Crippen molar-refractivity contribution in [1.29, 1.82) is 0 Å². The molecule has 7 nitrogen and oxygen atoms in total. The number of nitrogens with one attached hydrogen (secondary N) is 1. The molecule has 0 atom stereocenters. The molecule has 1 heterocycles. The fraction of sp³-hybridized carbons (Fsp3) is 0.308. The third-order valence-electron chi connectivity index (χ3n) is 5.81. The Bertz CT molecular complexity index is 1180. The van der Waals surface area contributed by atoms with E-state index in [1.807, 2.05) is 57.2 Å². The van der Waals surface area contributed by atoms with E-state index in [1.165, 1.54) is 6.07 Å². The number of halogens is 1. The van der Waals surface area contributed by atoms with Crippen LogP contribution in [-0.2, 0) is 25.8 Å². The maximum Gasteiger partial charge on any atom is 0.326 e. The van der Waals surface area contributed by atoms with Gasteiger partial charge >= 0.3 is 6.03 Å². The van der Waals surface area contributed by atoms with Gasteiger partial charge in [0.1, 0.15) is 0 Å². The van der Waals surface area contributed by atoms with Gasteiger partial charge in [-0.3, -0.25) is 20.0 Å². The summed E-state index contributed by atoms with van der Waals surface area (Å²) in [5.74, 6) is 0. The Morgan fingerprint density at radius 2 is 1.68 bits per heavy atom. The highest BCUT2D eigenvalue weighted by Crippen LogP contribution is 2.37. The van der Waals surface area contributed by atoms with Gasteiger partial charge in [-0.25, -0.2) is 4.79 Å². The van der Waals surface area contributed by atoms with E-state index in [1.54, 1.807) is 11.1 Å². The standard InChI is InChI=1S/C26H29ClN4O3/c1-5-18-10-12-20(13-11-18)30(16-19-9-8-17(4)28-15-19)26(32)29-25-21(6-2)23(27)14-24(31(33)34)22(25)7-3/h8-15H,5-7,16H2,1-4H3,(H,29,32). The second-order valence-corrected chi connectivity index (χ2v) is 8.43. The maximum absolute atomic E-state index is 13.6. The van der Waals surface area contributed by atoms with Crippen LogP contribution in [0.3, 0.4) is 0 Å². The van der Waals surface area contributed by atoms with Gasteiger partial charge in [0.25, 0.3) is 5.69 Å². The first kappa shape index (κ1) is 25.2. The molecule has 0 radical (unpaired) electrons. The molecular weight excluding hydrogens is 452 g/mol. The maximum atomic E-state index is 13.6. The van der Waals surface area contributed by atoms with Gasteiger partial charge < -0.3 is 5.32 Å². The normalized spacial score (nSPS) is 10.7. The Balaban J connectivity index is 2.06. The van der Waals surface area contributed by atoms with E-state index in [2.05, 4.69) is 17.2 Å². The molecule has 2 amide bonds. The van der Waals surface area contributed by atoms with Crippen molar-refractivity contribution >= 4 is 34.7 Å². The van der Waals surface area contributed by atoms with Crippen LogP contribution in [0.25, 0.3) is 0 Å². The summed E-state index contributed by atoms with van der Waals surface area (Å²) in [5, 5.41) is 14.9. The van der Waals surface area contributed by atoms with E-state index in [4.69, 9.17) is 11.6 Å². The number of carbonyl (C=O) groups excluding carboxylic acids is 1. The van der Waals surface area contributed by atoms with E-state index >= 15 is 0 Å². The van der Waals surface area contributed by atoms with Crippen molar-refractivity contribution in [2.24, 2.45) is 0 Å². The fourth-order valence-corrected chi connectivity index (χ4v) is 4.21. The molecule has 0 spiro atoms. The molecule has 1 aromatic heterocycles. The van der Waals surface area contributed by atoms with Crippen LogP contribution in [0.1, 0.15) is 48.7 Å². The van der Waals surface area contributed by atoms with Gasteiger partial charge in [-0.2, -0.15) is 0 Å². The number of carbonyl (C=O) groups is 1. The fourth-order valence-electron chi connectivity index (χ4n) is 3.88. The molecule has 178 valence electrons. The van der Waals surface area contributed by atoms with Crippen LogP contribution in [0.15, 0.2) is 48.7 Å². The zero-order chi connectivity index (χ0) is 24.8. The first-order valence-corrected chi connectivity index (χ1v) is 11.7. The molecule has 0 saturated carbocycles. The van der Waals surface area contributed by atoms with E-state index in [-0.39, 0.29) is 17.3 Å². The average Bonchev–Trinajstić information content (AvgIpc) is 2.83. The van der Waals surface area contributed by atoms with Gasteiger partial charge in [-0.15, -0.1) is 0 Å². The predicted octanol–water partition coefficient (Wildman–Crippen LogP) is 6.88. The summed E-state index contributed by atoms with van der Waals surface area (Å²) in [7, 11) is 0. The van der Waals surface area contributed by atoms with E-state index in [0.29, 0.717) is 35.3 Å². The number of aryl methyl sites for hydroxylation is 2. The number of nitrogens with zero attached hydrogens (tertiary/aromatic N) is 3. The number of benzene rings is 2. The molecule has 3 rings (SSSR count). The quantitative estimate of drug-likeness (QED) is 0.281. The summed E-state index contributed by atoms with van der Waals surface area (Å²) >= 11 is 6.39. The van der Waals surface area contributed by atoms with Gasteiger partial charge in [0, 0.05) is 23.6 Å². The lowest BCUT2D eigenvalue weighted by molar-refractivity contribution is -0.385. The van der Waals surface area contributed by atoms with Gasteiger partial charge in [0.15, 0.2) is 0 Å². The SMILES string of the molecule is CCc1ccc(N(Cc2ccc(C)nc2)C(=O)Nc2c(CC)c(Cl)cc([N+](=O)[O-])c2CC)cc1. The van der Waals surface area contributed by atoms with Crippen molar-refractivity contribution < 1.29 is 9.72 Å². The monoisotopic (exact) mass is 480 g/mol. The topological polar surface area (TPSA) is 88.4 Å². The van der Waals surface area contributed by atoms with Crippen LogP contribution in [0.4, 0.5) is 21.9 Å². The third kappa shape index (κ3) is 5.54. The number of rotatable bonds is 8. The number of hydrogen-bond donors (Lipinski definition) is 1. The minimum absolute atomic E-state index is 0.0958. The number of nitro benzene ring substituents is 1. The van der Waals surface area contributed by atoms with Gasteiger partial charge in [0.05, 0.1) is 27.7 Å². The summed E-state index contributed by atoms with van der Waals surface area (Å²) in [5.41, 5.74) is 5.07. The van der Waals surface area contributed by atoms with Crippen LogP contribution < -0.4 is 10.2 Å². The molecule has 34 heavy (non-hydrogen) atoms. The Labute approximate surface area is 204 Å². The number of hydrogen-bond acceptors (Lipinski definition) is 4. The summed E-state index contributed by atoms with van der Waals surface area (Å²) in [6, 6.07) is 12.6. The molecule has 0 unspecified atom stereocenters. The van der Waals surface area contributed by atoms with E-state index < -0.39 is 11.0 Å². The number of nitro groups is 1. The average molecular weight is 481 g/mol. The summed E-state index contributed by atoms with van der Waals surface area (Å²) < 4.78 is 0. The predicted molar refractivity (Wildman–Crippen MR) is 137 cm³/mol. The van der Waals surface area contributed by atoms with Gasteiger partial charge in [-0.05, 0) is 61.1 Å². The molecule has 1 N–H and O–H groups in total. The van der Waals surface area contributed by atoms with Crippen molar-refractivity contribution in [2.45, 2.75) is 53.5 Å². The molecule has 3 aromatic rings. The Kier molecular flexibility index (Phi) is 8.23. The lowest BCUT2D eigenvalue weighted by Crippen LogP contribution is -2.35. The van der Waals surface area contributed by atoms with Crippen molar-refractivity contribution in [3.05, 3.63) is 91.7 Å². The molecule has 2 aromatic carbocycles. The van der Waals surface area contributed by atoms with E-state index in [0.717, 1.165) is 23.2 Å². The summed E-state index contributed by atoms with van der Waals surface area (Å²) in [6.07, 6.45) is 3.53. The first-order chi connectivity index (χ1) is 16.3. The molecule has 0 aliphatic heterocycles. The first-order valence-electron chi connectivity index (χ1n) is 11.4. The minimum atomic E-state index is -0.459. The molecule has 0 fully saturated rings. The molecular formula is C26H29ClN4O3. The lowest BCUT2D eigenvalue weighted by Gasteiger charge is -2.25. The van der Waals surface area contributed by atoms with Gasteiger partial charge in [-0.1, -0.05) is 50.6 Å². The van der Waals surface area contributed by atoms with Crippen molar-refractivity contribution in [2.75, 3.05) is 10.2 Å². The van der Waals surface area contributed by atoms with Crippen molar-refractivity contribution in [3.8, 4) is 0 Å². The van der Waals surface area contributed by atoms with E-state index in [9.17, 15) is 14.9 Å². The second-order valence-electron chi connectivity index (χ2n) is 8.02. The van der Waals surface area contributed by atoms with Crippen LogP contribution >= 0.6 is 11.6 Å². The number of pyridine rings is 1. The number of urea groups is 1. The van der Waals surface area contributed by atoms with Crippen LogP contribution in [0.5, 0.6) is 0 Å². The zero-order valence-corrected chi connectivity index (χ0v) is 20.6. The van der Waals surface area contributed by atoms with Crippen LogP contribution in [0.2, 0.25) is 5.02 Å². The Morgan fingerprint density at radius 3 is 2.21 bits per heavy atom. The largest absolute Gasteiger partial charge is 0.326 e. The summed E-state index contributed by atoms with van der Waals surface area (Å²) in [4.78, 5) is 30.8. The minimum Gasteiger partial charge on any atom is -0.307 e. The van der Waals surface area contributed by atoms with Crippen LogP contribution in [-0.4, -0.2) is 15.9 Å². The molecule has 0 aliphatic carbocycles. The van der Waals surface area contributed by atoms with Gasteiger partial charge in [0.2, 0.25) is 0 Å². The van der Waals surface area contributed by atoms with Crippen LogP contribution in [0, 0.1) is 17.0 Å².